The van der Waals surface area contributed by atoms with Gasteiger partial charge in [-0.15, -0.1) is 0 Å². The van der Waals surface area contributed by atoms with Crippen LogP contribution in [-0.2, 0) is 19.3 Å². The van der Waals surface area contributed by atoms with Crippen LogP contribution in [0.15, 0.2) is 127 Å². The lowest BCUT2D eigenvalue weighted by Crippen LogP contribution is -2.55. The van der Waals surface area contributed by atoms with E-state index in [2.05, 4.69) is 127 Å². The summed E-state index contributed by atoms with van der Waals surface area (Å²) in [4.78, 5) is 0. The van der Waals surface area contributed by atoms with Crippen LogP contribution in [0.1, 0.15) is 33.4 Å². The summed E-state index contributed by atoms with van der Waals surface area (Å²) in [5.74, 6) is 0. The molecule has 0 amide bonds. The molecule has 0 aliphatic heterocycles. The highest BCUT2D eigenvalue weighted by Crippen LogP contribution is 2.39. The second kappa shape index (κ2) is 8.68. The third-order valence-corrected chi connectivity index (χ3v) is 13.1. The summed E-state index contributed by atoms with van der Waals surface area (Å²) in [6, 6.07) is 48.5. The molecule has 0 N–H and O–H groups in total. The smallest absolute Gasteiger partial charge is 0.0946 e. The Kier molecular flexibility index (Phi) is 4.91. The molecule has 3 aliphatic carbocycles. The van der Waals surface area contributed by atoms with Gasteiger partial charge in [0.25, 0.3) is 0 Å². The molecule has 9 rings (SSSR count). The van der Waals surface area contributed by atoms with Gasteiger partial charge in [0, 0.05) is 0 Å². The minimum Gasteiger partial charge on any atom is -0.0946 e. The highest BCUT2D eigenvalue weighted by atomic mass is 27.2. The van der Waals surface area contributed by atoms with Crippen LogP contribution in [0, 0.1) is 0 Å². The molecule has 0 bridgehead atoms. The first kappa shape index (κ1) is 22.6. The van der Waals surface area contributed by atoms with Gasteiger partial charge in [-0.05, 0) is 86.0 Å². The van der Waals surface area contributed by atoms with Crippen LogP contribution < -0.4 is 13.3 Å². The Morgan fingerprint density at radius 3 is 0.950 bits per heavy atom. The summed E-state index contributed by atoms with van der Waals surface area (Å²) in [5.41, 5.74) is 17.7. The molecule has 1 heteroatoms. The number of hydrogen-bond donors (Lipinski definition) is 0. The number of hydrogen-bond acceptors (Lipinski definition) is 0. The summed E-state index contributed by atoms with van der Waals surface area (Å²) in [5, 5.41) is 0. The molecule has 0 spiro atoms. The van der Waals surface area contributed by atoms with E-state index >= 15 is 0 Å². The molecular weight excluding hydrogens is 495 g/mol. The normalized spacial score (nSPS) is 13.2. The molecular formula is C39H27Al. The summed E-state index contributed by atoms with van der Waals surface area (Å²) >= 11 is -1.84. The fraction of sp³-hybridized carbons (Fsp3) is 0.0769. The van der Waals surface area contributed by atoms with E-state index in [0.29, 0.717) is 0 Å². The van der Waals surface area contributed by atoms with Gasteiger partial charge in [-0.2, -0.15) is 0 Å². The van der Waals surface area contributed by atoms with E-state index in [1.54, 1.807) is 30.0 Å². The first-order valence-corrected chi connectivity index (χ1v) is 16.2. The van der Waals surface area contributed by atoms with E-state index in [9.17, 15) is 0 Å². The average molecular weight is 523 g/mol. The monoisotopic (exact) mass is 522 g/mol. The standard InChI is InChI=1S/3C13H9.Al/c3*1-3-7-12-10(5-1)9-11-6-2-4-8-13(11)12;/h3*1-5,7-8H,9H2;. The van der Waals surface area contributed by atoms with Crippen LogP contribution in [0.4, 0.5) is 0 Å². The zero-order valence-electron chi connectivity index (χ0n) is 22.3. The number of rotatable bonds is 3. The zero-order valence-corrected chi connectivity index (χ0v) is 23.5. The molecule has 0 radical (unpaired) electrons. The largest absolute Gasteiger partial charge is 0.384 e. The third kappa shape index (κ3) is 3.20. The molecule has 186 valence electrons. The zero-order chi connectivity index (χ0) is 26.2. The topological polar surface area (TPSA) is 0 Å². The Labute approximate surface area is 240 Å². The van der Waals surface area contributed by atoms with E-state index in [1.807, 2.05) is 0 Å². The predicted molar refractivity (Wildman–Crippen MR) is 169 cm³/mol. The molecule has 40 heavy (non-hydrogen) atoms. The van der Waals surface area contributed by atoms with Crippen LogP contribution in [0.5, 0.6) is 0 Å². The summed E-state index contributed by atoms with van der Waals surface area (Å²) in [7, 11) is 0. The molecule has 0 nitrogen and oxygen atoms in total. The van der Waals surface area contributed by atoms with Crippen molar-refractivity contribution in [2.24, 2.45) is 0 Å². The van der Waals surface area contributed by atoms with Gasteiger partial charge in [-0.25, -0.2) is 0 Å². The second-order valence-electron chi connectivity index (χ2n) is 11.6. The summed E-state index contributed by atoms with van der Waals surface area (Å²) in [6.45, 7) is 0. The fourth-order valence-corrected chi connectivity index (χ4v) is 11.6. The third-order valence-electron chi connectivity index (χ3n) is 9.59. The predicted octanol–water partition coefficient (Wildman–Crippen LogP) is 6.92. The maximum atomic E-state index is 2.48. The van der Waals surface area contributed by atoms with Crippen molar-refractivity contribution in [1.29, 1.82) is 0 Å². The van der Waals surface area contributed by atoms with Gasteiger partial charge >= 0.3 is 14.1 Å². The Balaban J connectivity index is 1.31. The van der Waals surface area contributed by atoms with Crippen molar-refractivity contribution < 1.29 is 0 Å². The lowest BCUT2D eigenvalue weighted by molar-refractivity contribution is 1.26. The van der Waals surface area contributed by atoms with Crippen molar-refractivity contribution in [1.82, 2.24) is 0 Å². The molecule has 0 fully saturated rings. The summed E-state index contributed by atoms with van der Waals surface area (Å²) in [6.07, 6.45) is 3.11. The van der Waals surface area contributed by atoms with E-state index in [-0.39, 0.29) is 0 Å². The summed E-state index contributed by atoms with van der Waals surface area (Å²) < 4.78 is 4.80. The van der Waals surface area contributed by atoms with Gasteiger partial charge in [-0.1, -0.05) is 141 Å². The van der Waals surface area contributed by atoms with Crippen molar-refractivity contribution >= 4 is 27.4 Å². The second-order valence-corrected chi connectivity index (χ2v) is 14.3. The van der Waals surface area contributed by atoms with Crippen LogP contribution in [0.3, 0.4) is 0 Å². The van der Waals surface area contributed by atoms with Crippen molar-refractivity contribution in [2.75, 3.05) is 0 Å². The van der Waals surface area contributed by atoms with E-state index in [1.165, 1.54) is 50.1 Å². The molecule has 0 aromatic heterocycles. The minimum absolute atomic E-state index is 1.04. The maximum Gasteiger partial charge on any atom is 0.384 e. The molecule has 0 atom stereocenters. The molecule has 6 aromatic rings. The fourth-order valence-electron chi connectivity index (χ4n) is 7.86. The molecule has 0 heterocycles. The molecule has 6 aromatic carbocycles. The van der Waals surface area contributed by atoms with Crippen molar-refractivity contribution in [3.8, 4) is 33.4 Å². The number of fused-ring (bicyclic) bond motifs is 9. The van der Waals surface area contributed by atoms with Gasteiger partial charge in [0.15, 0.2) is 0 Å². The quantitative estimate of drug-likeness (QED) is 0.221. The Morgan fingerprint density at radius 1 is 0.300 bits per heavy atom. The molecule has 0 unspecified atom stereocenters. The lowest BCUT2D eigenvalue weighted by atomic mass is 10.1. The van der Waals surface area contributed by atoms with Gasteiger partial charge < -0.3 is 0 Å². The molecule has 0 saturated heterocycles. The minimum atomic E-state index is -1.84. The van der Waals surface area contributed by atoms with Gasteiger partial charge in [0.2, 0.25) is 0 Å². The molecule has 0 saturated carbocycles. The van der Waals surface area contributed by atoms with Crippen LogP contribution in [0.2, 0.25) is 0 Å². The van der Waals surface area contributed by atoms with Crippen molar-refractivity contribution in [3.63, 3.8) is 0 Å². The Bertz CT molecular complexity index is 1760. The van der Waals surface area contributed by atoms with Crippen molar-refractivity contribution in [2.45, 2.75) is 19.3 Å². The highest BCUT2D eigenvalue weighted by Gasteiger charge is 2.37. The Morgan fingerprint density at radius 2 is 0.600 bits per heavy atom. The van der Waals surface area contributed by atoms with E-state index in [4.69, 9.17) is 0 Å². The maximum absolute atomic E-state index is 2.48. The van der Waals surface area contributed by atoms with Crippen molar-refractivity contribution in [3.05, 3.63) is 161 Å². The van der Waals surface area contributed by atoms with Gasteiger partial charge in [0.1, 0.15) is 0 Å². The SMILES string of the molecule is c1ccc2c(c1)Cc1c-2ccc[c]1[Al]([c]1cccc2c1Cc1ccccc1-2)[c]1cccc2c1Cc1ccccc1-2. The van der Waals surface area contributed by atoms with Crippen LogP contribution in [0.25, 0.3) is 33.4 Å². The first-order valence-electron chi connectivity index (χ1n) is 14.5. The van der Waals surface area contributed by atoms with Gasteiger partial charge in [-0.3, -0.25) is 0 Å². The number of benzene rings is 6. The van der Waals surface area contributed by atoms with Gasteiger partial charge in [0.05, 0.1) is 0 Å². The van der Waals surface area contributed by atoms with Crippen LogP contribution >= 0.6 is 0 Å². The lowest BCUT2D eigenvalue weighted by Gasteiger charge is -2.23. The Hall–Kier alpha value is -4.15. The van der Waals surface area contributed by atoms with E-state index < -0.39 is 14.1 Å². The molecule has 3 aliphatic rings. The average Bonchev–Trinajstić information content (AvgIpc) is 3.70. The highest BCUT2D eigenvalue weighted by molar-refractivity contribution is 6.96. The van der Waals surface area contributed by atoms with Crippen LogP contribution in [-0.4, -0.2) is 14.1 Å². The van der Waals surface area contributed by atoms with E-state index in [0.717, 1.165) is 19.3 Å². The first-order chi connectivity index (χ1) is 19.8.